The highest BCUT2D eigenvalue weighted by Gasteiger charge is 2.10. The second kappa shape index (κ2) is 7.95. The van der Waals surface area contributed by atoms with Gasteiger partial charge in [-0.25, -0.2) is 0 Å². The van der Waals surface area contributed by atoms with E-state index < -0.39 is 6.10 Å². The van der Waals surface area contributed by atoms with Crippen LogP contribution in [0.1, 0.15) is 23.7 Å². The van der Waals surface area contributed by atoms with Gasteiger partial charge in [0.05, 0.1) is 6.10 Å². The molecule has 0 aliphatic rings. The van der Waals surface area contributed by atoms with Gasteiger partial charge in [-0.05, 0) is 42.8 Å². The molecule has 0 spiro atoms. The first-order valence-corrected chi connectivity index (χ1v) is 8.09. The Labute approximate surface area is 139 Å². The molecule has 112 valence electrons. The average Bonchev–Trinajstić information content (AvgIpc) is 2.47. The summed E-state index contributed by atoms with van der Waals surface area (Å²) in [5.41, 5.74) is 2.12. The standard InChI is InChI=1S/C17H19BrClNO/c1-20(12-14-5-2-3-8-16(14)18)10-9-17(21)13-6-4-7-15(19)11-13/h2-8,11,17,21H,9-10,12H2,1H3. The van der Waals surface area contributed by atoms with E-state index in [0.717, 1.165) is 23.1 Å². The monoisotopic (exact) mass is 367 g/mol. The molecule has 0 bridgehead atoms. The van der Waals surface area contributed by atoms with Crippen molar-refractivity contribution in [2.45, 2.75) is 19.1 Å². The number of hydrogen-bond acceptors (Lipinski definition) is 2. The zero-order valence-corrected chi connectivity index (χ0v) is 14.3. The molecule has 2 aromatic rings. The van der Waals surface area contributed by atoms with Crippen molar-refractivity contribution in [3.63, 3.8) is 0 Å². The molecule has 0 heterocycles. The second-order valence-electron chi connectivity index (χ2n) is 5.19. The minimum atomic E-state index is -0.481. The van der Waals surface area contributed by atoms with Crippen LogP contribution in [-0.2, 0) is 6.54 Å². The average molecular weight is 369 g/mol. The molecule has 2 rings (SSSR count). The van der Waals surface area contributed by atoms with Gasteiger partial charge >= 0.3 is 0 Å². The van der Waals surface area contributed by atoms with Crippen LogP contribution in [0.15, 0.2) is 53.0 Å². The summed E-state index contributed by atoms with van der Waals surface area (Å²) in [4.78, 5) is 2.20. The predicted molar refractivity (Wildman–Crippen MR) is 91.5 cm³/mol. The third-order valence-electron chi connectivity index (χ3n) is 3.42. The number of hydrogen-bond donors (Lipinski definition) is 1. The molecule has 0 aliphatic carbocycles. The Hall–Kier alpha value is -0.870. The van der Waals surface area contributed by atoms with E-state index in [1.54, 1.807) is 0 Å². The molecular weight excluding hydrogens is 350 g/mol. The largest absolute Gasteiger partial charge is 0.388 e. The van der Waals surface area contributed by atoms with Crippen LogP contribution in [0.25, 0.3) is 0 Å². The van der Waals surface area contributed by atoms with Gasteiger partial charge in [-0.2, -0.15) is 0 Å². The van der Waals surface area contributed by atoms with Crippen molar-refractivity contribution in [1.29, 1.82) is 0 Å². The maximum atomic E-state index is 10.2. The van der Waals surface area contributed by atoms with Crippen LogP contribution in [0.5, 0.6) is 0 Å². The summed E-state index contributed by atoms with van der Waals surface area (Å²) in [6.45, 7) is 1.67. The Morgan fingerprint density at radius 1 is 1.19 bits per heavy atom. The summed E-state index contributed by atoms with van der Waals surface area (Å²) in [6.07, 6.45) is 0.201. The van der Waals surface area contributed by atoms with Gasteiger partial charge in [0, 0.05) is 22.6 Å². The molecule has 0 aromatic heterocycles. The van der Waals surface area contributed by atoms with Crippen LogP contribution in [0, 0.1) is 0 Å². The topological polar surface area (TPSA) is 23.5 Å². The van der Waals surface area contributed by atoms with Crippen LogP contribution < -0.4 is 0 Å². The summed E-state index contributed by atoms with van der Waals surface area (Å²) in [7, 11) is 2.06. The first-order valence-electron chi connectivity index (χ1n) is 6.92. The zero-order valence-electron chi connectivity index (χ0n) is 12.0. The summed E-state index contributed by atoms with van der Waals surface area (Å²) in [5, 5.41) is 10.9. The smallest absolute Gasteiger partial charge is 0.0802 e. The van der Waals surface area contributed by atoms with E-state index in [-0.39, 0.29) is 0 Å². The number of halogens is 2. The van der Waals surface area contributed by atoms with E-state index in [2.05, 4.69) is 33.9 Å². The Bertz CT molecular complexity index is 591. The lowest BCUT2D eigenvalue weighted by molar-refractivity contribution is 0.147. The molecule has 0 saturated heterocycles. The highest BCUT2D eigenvalue weighted by molar-refractivity contribution is 9.10. The molecule has 2 nitrogen and oxygen atoms in total. The van der Waals surface area contributed by atoms with Gasteiger partial charge in [-0.3, -0.25) is 0 Å². The molecule has 0 aliphatic heterocycles. The molecule has 1 unspecified atom stereocenters. The molecule has 1 N–H and O–H groups in total. The van der Waals surface area contributed by atoms with E-state index in [9.17, 15) is 5.11 Å². The summed E-state index contributed by atoms with van der Waals surface area (Å²) < 4.78 is 1.12. The van der Waals surface area contributed by atoms with E-state index in [0.29, 0.717) is 11.4 Å². The molecule has 1 atom stereocenters. The van der Waals surface area contributed by atoms with E-state index in [4.69, 9.17) is 11.6 Å². The third kappa shape index (κ3) is 5.11. The SMILES string of the molecule is CN(CCC(O)c1cccc(Cl)c1)Cc1ccccc1Br. The molecule has 0 amide bonds. The van der Waals surface area contributed by atoms with E-state index in [1.807, 2.05) is 42.5 Å². The van der Waals surface area contributed by atoms with Gasteiger partial charge in [-0.1, -0.05) is 57.9 Å². The number of aliphatic hydroxyl groups is 1. The molecule has 0 fully saturated rings. The minimum Gasteiger partial charge on any atom is -0.388 e. The Morgan fingerprint density at radius 3 is 2.67 bits per heavy atom. The maximum Gasteiger partial charge on any atom is 0.0802 e. The van der Waals surface area contributed by atoms with Crippen LogP contribution in [-0.4, -0.2) is 23.6 Å². The van der Waals surface area contributed by atoms with Crippen molar-refractivity contribution in [1.82, 2.24) is 4.90 Å². The molecule has 4 heteroatoms. The number of aliphatic hydroxyl groups excluding tert-OH is 1. The molecule has 2 aromatic carbocycles. The fraction of sp³-hybridized carbons (Fsp3) is 0.294. The van der Waals surface area contributed by atoms with Crippen molar-refractivity contribution in [3.8, 4) is 0 Å². The van der Waals surface area contributed by atoms with Crippen LogP contribution in [0.3, 0.4) is 0 Å². The first kappa shape index (κ1) is 16.5. The number of benzene rings is 2. The predicted octanol–water partition coefficient (Wildman–Crippen LogP) is 4.66. The number of rotatable bonds is 6. The highest BCUT2D eigenvalue weighted by atomic mass is 79.9. The normalized spacial score (nSPS) is 12.6. The Morgan fingerprint density at radius 2 is 1.95 bits per heavy atom. The van der Waals surface area contributed by atoms with Gasteiger partial charge < -0.3 is 10.0 Å². The van der Waals surface area contributed by atoms with Gasteiger partial charge in [0.2, 0.25) is 0 Å². The third-order valence-corrected chi connectivity index (χ3v) is 4.42. The zero-order chi connectivity index (χ0) is 15.2. The fourth-order valence-corrected chi connectivity index (χ4v) is 2.83. The Balaban J connectivity index is 1.86. The first-order chi connectivity index (χ1) is 10.1. The van der Waals surface area contributed by atoms with Crippen molar-refractivity contribution in [2.75, 3.05) is 13.6 Å². The van der Waals surface area contributed by atoms with Crippen molar-refractivity contribution in [2.24, 2.45) is 0 Å². The van der Waals surface area contributed by atoms with Crippen molar-refractivity contribution < 1.29 is 5.11 Å². The molecule has 0 saturated carbocycles. The van der Waals surface area contributed by atoms with E-state index >= 15 is 0 Å². The molecule has 0 radical (unpaired) electrons. The van der Waals surface area contributed by atoms with Crippen LogP contribution in [0.4, 0.5) is 0 Å². The molecule has 21 heavy (non-hydrogen) atoms. The lowest BCUT2D eigenvalue weighted by Crippen LogP contribution is -2.21. The van der Waals surface area contributed by atoms with Crippen molar-refractivity contribution >= 4 is 27.5 Å². The highest BCUT2D eigenvalue weighted by Crippen LogP contribution is 2.21. The van der Waals surface area contributed by atoms with Gasteiger partial charge in [0.1, 0.15) is 0 Å². The summed E-state index contributed by atoms with van der Waals surface area (Å²) in [6, 6.07) is 15.6. The lowest BCUT2D eigenvalue weighted by atomic mass is 10.1. The van der Waals surface area contributed by atoms with Crippen LogP contribution >= 0.6 is 27.5 Å². The van der Waals surface area contributed by atoms with Crippen LogP contribution in [0.2, 0.25) is 5.02 Å². The van der Waals surface area contributed by atoms with E-state index in [1.165, 1.54) is 5.56 Å². The quantitative estimate of drug-likeness (QED) is 0.801. The summed E-state index contributed by atoms with van der Waals surface area (Å²) >= 11 is 9.51. The lowest BCUT2D eigenvalue weighted by Gasteiger charge is -2.20. The fourth-order valence-electron chi connectivity index (χ4n) is 2.22. The van der Waals surface area contributed by atoms with Gasteiger partial charge in [0.15, 0.2) is 0 Å². The molecular formula is C17H19BrClNO. The maximum absolute atomic E-state index is 10.2. The second-order valence-corrected chi connectivity index (χ2v) is 6.48. The number of nitrogens with zero attached hydrogens (tertiary/aromatic N) is 1. The minimum absolute atomic E-state index is 0.481. The summed E-state index contributed by atoms with van der Waals surface area (Å²) in [5.74, 6) is 0. The Kier molecular flexibility index (Phi) is 6.24. The van der Waals surface area contributed by atoms with Crippen molar-refractivity contribution in [3.05, 3.63) is 69.2 Å². The van der Waals surface area contributed by atoms with Gasteiger partial charge in [0.25, 0.3) is 0 Å². The van der Waals surface area contributed by atoms with Gasteiger partial charge in [-0.15, -0.1) is 0 Å².